The highest BCUT2D eigenvalue weighted by atomic mass is 16.6. The lowest BCUT2D eigenvalue weighted by Crippen LogP contribution is -2.31. The number of carbonyl (C=O) groups is 1. The van der Waals surface area contributed by atoms with Crippen LogP contribution in [0.4, 0.5) is 4.79 Å². The van der Waals surface area contributed by atoms with Gasteiger partial charge in [-0.2, -0.15) is 0 Å². The highest BCUT2D eigenvalue weighted by Crippen LogP contribution is 2.07. The van der Waals surface area contributed by atoms with Crippen LogP contribution in [0.15, 0.2) is 36.3 Å². The van der Waals surface area contributed by atoms with Crippen molar-refractivity contribution in [2.24, 2.45) is 0 Å². The summed E-state index contributed by atoms with van der Waals surface area (Å²) in [6.45, 7) is 10.4. The summed E-state index contributed by atoms with van der Waals surface area (Å²) in [7, 11) is 0. The van der Waals surface area contributed by atoms with Gasteiger partial charge in [-0.1, -0.05) is 6.58 Å². The number of alkyl carbamates (subject to hydrolysis) is 1. The van der Waals surface area contributed by atoms with Crippen LogP contribution < -0.4 is 5.32 Å². The normalized spacial score (nSPS) is 13.2. The van der Waals surface area contributed by atoms with Crippen molar-refractivity contribution in [2.45, 2.75) is 33.3 Å². The van der Waals surface area contributed by atoms with Crippen LogP contribution in [-0.2, 0) is 4.74 Å². The van der Waals surface area contributed by atoms with Gasteiger partial charge in [-0.3, -0.25) is 5.32 Å². The van der Waals surface area contributed by atoms with Gasteiger partial charge in [0.05, 0.1) is 5.76 Å². The monoisotopic (exact) mass is 225 g/mol. The molecule has 0 bridgehead atoms. The lowest BCUT2D eigenvalue weighted by molar-refractivity contribution is 0.0548. The molecule has 1 amide bonds. The zero-order chi connectivity index (χ0) is 12.8. The number of allylic oxidation sites excluding steroid dienone is 4. The summed E-state index contributed by atoms with van der Waals surface area (Å²) in [5, 5.41) is 11.5. The van der Waals surface area contributed by atoms with E-state index in [0.29, 0.717) is 5.70 Å². The third-order valence-corrected chi connectivity index (χ3v) is 1.37. The van der Waals surface area contributed by atoms with Crippen molar-refractivity contribution >= 4 is 6.09 Å². The molecule has 0 aliphatic carbocycles. The Kier molecular flexibility index (Phi) is 5.36. The minimum absolute atomic E-state index is 0.144. The second-order valence-corrected chi connectivity index (χ2v) is 4.26. The minimum atomic E-state index is -0.553. The maximum absolute atomic E-state index is 11.4. The molecule has 90 valence electrons. The second kappa shape index (κ2) is 6.00. The minimum Gasteiger partial charge on any atom is -0.513 e. The van der Waals surface area contributed by atoms with Gasteiger partial charge >= 0.3 is 6.09 Å². The van der Waals surface area contributed by atoms with Crippen molar-refractivity contribution in [2.75, 3.05) is 0 Å². The number of amides is 1. The number of rotatable bonds is 3. The van der Waals surface area contributed by atoms with Gasteiger partial charge in [0.15, 0.2) is 0 Å². The fourth-order valence-electron chi connectivity index (χ4n) is 0.793. The molecular formula is C12H19NO3. The topological polar surface area (TPSA) is 58.6 Å². The molecular weight excluding hydrogens is 206 g/mol. The molecule has 0 aliphatic heterocycles. The van der Waals surface area contributed by atoms with Crippen LogP contribution in [0.3, 0.4) is 0 Å². The van der Waals surface area contributed by atoms with E-state index in [2.05, 4.69) is 11.9 Å². The molecule has 0 fully saturated rings. The zero-order valence-electron chi connectivity index (χ0n) is 10.2. The van der Waals surface area contributed by atoms with Crippen molar-refractivity contribution in [3.63, 3.8) is 0 Å². The van der Waals surface area contributed by atoms with Crippen molar-refractivity contribution in [1.29, 1.82) is 0 Å². The number of carbonyl (C=O) groups excluding carboxylic acids is 1. The van der Waals surface area contributed by atoms with Gasteiger partial charge in [-0.25, -0.2) is 4.79 Å². The Morgan fingerprint density at radius 2 is 1.94 bits per heavy atom. The van der Waals surface area contributed by atoms with Crippen LogP contribution in [-0.4, -0.2) is 16.8 Å². The molecule has 0 heterocycles. The third-order valence-electron chi connectivity index (χ3n) is 1.37. The molecule has 16 heavy (non-hydrogen) atoms. The van der Waals surface area contributed by atoms with E-state index in [0.717, 1.165) is 0 Å². The molecule has 0 aromatic carbocycles. The number of hydrogen-bond donors (Lipinski definition) is 2. The first-order valence-electron chi connectivity index (χ1n) is 4.94. The smallest absolute Gasteiger partial charge is 0.412 e. The van der Waals surface area contributed by atoms with Crippen LogP contribution in [0.5, 0.6) is 0 Å². The molecule has 2 N–H and O–H groups in total. The summed E-state index contributed by atoms with van der Waals surface area (Å²) in [4.78, 5) is 11.4. The Labute approximate surface area is 96.3 Å². The Balaban J connectivity index is 4.46. The van der Waals surface area contributed by atoms with Gasteiger partial charge in [0.2, 0.25) is 0 Å². The van der Waals surface area contributed by atoms with Crippen molar-refractivity contribution in [3.05, 3.63) is 36.3 Å². The Morgan fingerprint density at radius 3 is 2.31 bits per heavy atom. The molecule has 4 heteroatoms. The number of hydrogen-bond acceptors (Lipinski definition) is 3. The summed E-state index contributed by atoms with van der Waals surface area (Å²) in [6, 6.07) is 0. The number of nitrogens with one attached hydrogen (secondary N) is 1. The highest BCUT2D eigenvalue weighted by Gasteiger charge is 2.15. The largest absolute Gasteiger partial charge is 0.513 e. The molecule has 0 radical (unpaired) electrons. The second-order valence-electron chi connectivity index (χ2n) is 4.26. The van der Waals surface area contributed by atoms with Crippen molar-refractivity contribution in [1.82, 2.24) is 5.32 Å². The molecule has 0 atom stereocenters. The van der Waals surface area contributed by atoms with Crippen LogP contribution in [0.2, 0.25) is 0 Å². The maximum Gasteiger partial charge on any atom is 0.412 e. The van der Waals surface area contributed by atoms with E-state index in [1.165, 1.54) is 25.2 Å². The highest BCUT2D eigenvalue weighted by molar-refractivity contribution is 5.70. The van der Waals surface area contributed by atoms with E-state index in [1.807, 2.05) is 0 Å². The van der Waals surface area contributed by atoms with E-state index >= 15 is 0 Å². The molecule has 0 saturated carbocycles. The molecule has 0 rings (SSSR count). The molecule has 0 aromatic rings. The average molecular weight is 225 g/mol. The summed E-state index contributed by atoms with van der Waals surface area (Å²) in [6.07, 6.45) is 3.90. The standard InChI is InChI=1S/C12H19NO3/c1-6-10(8-7-9(2)14)13-11(15)16-12(3,4)5/h6-8,14H,1H2,2-5H3,(H,13,15)/b9-7+,10-8+. The Bertz CT molecular complexity index is 318. The van der Waals surface area contributed by atoms with E-state index in [4.69, 9.17) is 9.84 Å². The fraction of sp³-hybridized carbons (Fsp3) is 0.417. The molecule has 0 saturated heterocycles. The van der Waals surface area contributed by atoms with Gasteiger partial charge < -0.3 is 9.84 Å². The van der Waals surface area contributed by atoms with E-state index < -0.39 is 11.7 Å². The fourth-order valence-corrected chi connectivity index (χ4v) is 0.793. The van der Waals surface area contributed by atoms with Crippen LogP contribution in [0.1, 0.15) is 27.7 Å². The first-order valence-corrected chi connectivity index (χ1v) is 4.94. The molecule has 0 spiro atoms. The summed E-state index contributed by atoms with van der Waals surface area (Å²) in [5.41, 5.74) is -0.0818. The lowest BCUT2D eigenvalue weighted by Gasteiger charge is -2.19. The first-order chi connectivity index (χ1) is 7.24. The summed E-state index contributed by atoms with van der Waals surface area (Å²) >= 11 is 0. The third kappa shape index (κ3) is 7.67. The number of aliphatic hydroxyl groups excluding tert-OH is 1. The maximum atomic E-state index is 11.4. The van der Waals surface area contributed by atoms with Gasteiger partial charge in [0.1, 0.15) is 5.60 Å². The van der Waals surface area contributed by atoms with Crippen LogP contribution >= 0.6 is 0 Å². The Morgan fingerprint density at radius 1 is 1.38 bits per heavy atom. The molecule has 0 aliphatic rings. The van der Waals surface area contributed by atoms with Gasteiger partial charge in [0, 0.05) is 5.70 Å². The summed E-state index contributed by atoms with van der Waals surface area (Å²) < 4.78 is 5.05. The lowest BCUT2D eigenvalue weighted by atomic mass is 10.2. The van der Waals surface area contributed by atoms with Gasteiger partial charge in [0.25, 0.3) is 0 Å². The van der Waals surface area contributed by atoms with E-state index in [9.17, 15) is 4.79 Å². The first kappa shape index (κ1) is 14.3. The summed E-state index contributed by atoms with van der Waals surface area (Å²) in [5.74, 6) is 0.144. The zero-order valence-corrected chi connectivity index (χ0v) is 10.2. The van der Waals surface area contributed by atoms with E-state index in [-0.39, 0.29) is 5.76 Å². The van der Waals surface area contributed by atoms with Crippen molar-refractivity contribution in [3.8, 4) is 0 Å². The number of aliphatic hydroxyl groups is 1. The SMILES string of the molecule is C=C/C(=C\C=C(/C)O)NC(=O)OC(C)(C)C. The number of ether oxygens (including phenoxy) is 1. The van der Waals surface area contributed by atoms with E-state index in [1.54, 1.807) is 20.8 Å². The van der Waals surface area contributed by atoms with Crippen molar-refractivity contribution < 1.29 is 14.6 Å². The molecule has 0 aromatic heterocycles. The van der Waals surface area contributed by atoms with Crippen LogP contribution in [0, 0.1) is 0 Å². The van der Waals surface area contributed by atoms with Crippen LogP contribution in [0.25, 0.3) is 0 Å². The molecule has 4 nitrogen and oxygen atoms in total. The average Bonchev–Trinajstić information content (AvgIpc) is 2.08. The van der Waals surface area contributed by atoms with Gasteiger partial charge in [-0.05, 0) is 45.9 Å². The predicted molar refractivity (Wildman–Crippen MR) is 64.0 cm³/mol. The Hall–Kier alpha value is -1.71. The predicted octanol–water partition coefficient (Wildman–Crippen LogP) is 3.04. The molecule has 0 unspecified atom stereocenters. The van der Waals surface area contributed by atoms with Gasteiger partial charge in [-0.15, -0.1) is 0 Å². The quantitative estimate of drug-likeness (QED) is 0.573.